The molecule has 0 bridgehead atoms. The van der Waals surface area contributed by atoms with Gasteiger partial charge in [-0.2, -0.15) is 0 Å². The molecule has 15 nitrogen and oxygen atoms in total. The van der Waals surface area contributed by atoms with Gasteiger partial charge in [-0.05, 0) is 51.9 Å². The minimum Gasteiger partial charge on any atom is -0.463 e. The second kappa shape index (κ2) is 19.0. The zero-order valence-electron chi connectivity index (χ0n) is 33.9. The first-order valence-electron chi connectivity index (χ1n) is 19.3. The Balaban J connectivity index is 0.000000221. The lowest BCUT2D eigenvalue weighted by atomic mass is 9.96. The summed E-state index contributed by atoms with van der Waals surface area (Å²) in [6.07, 6.45) is 0.404. The molecule has 2 N–H and O–H groups in total. The fourth-order valence-electron chi connectivity index (χ4n) is 7.41. The summed E-state index contributed by atoms with van der Waals surface area (Å²) in [6.45, 7) is 15.2. The van der Waals surface area contributed by atoms with Gasteiger partial charge in [-0.25, -0.2) is 9.59 Å². The third-order valence-corrected chi connectivity index (χ3v) is 13.5. The number of amides is 4. The highest BCUT2D eigenvalue weighted by atomic mass is 32.2. The number of thioether (sulfide) groups is 2. The van der Waals surface area contributed by atoms with Gasteiger partial charge < -0.3 is 39.5 Å². The van der Waals surface area contributed by atoms with Crippen LogP contribution >= 0.6 is 23.5 Å². The van der Waals surface area contributed by atoms with Crippen LogP contribution in [-0.4, -0.2) is 134 Å². The number of fused-ring (bicyclic) bond motifs is 2. The van der Waals surface area contributed by atoms with Gasteiger partial charge in [-0.1, -0.05) is 74.5 Å². The van der Waals surface area contributed by atoms with E-state index in [1.165, 1.54) is 23.6 Å². The number of nitrogens with zero attached hydrogens (tertiary/aromatic N) is 3. The average molecular weight is 840 g/mol. The van der Waals surface area contributed by atoms with Crippen LogP contribution in [-0.2, 0) is 60.6 Å². The van der Waals surface area contributed by atoms with E-state index in [1.54, 1.807) is 16.7 Å². The van der Waals surface area contributed by atoms with Crippen molar-refractivity contribution in [1.29, 1.82) is 0 Å². The Morgan fingerprint density at radius 2 is 1.09 bits per heavy atom. The van der Waals surface area contributed by atoms with Gasteiger partial charge in [0.05, 0.1) is 12.8 Å². The summed E-state index contributed by atoms with van der Waals surface area (Å²) in [5.41, 5.74) is 1.75. The molecule has 4 heterocycles. The topological polar surface area (TPSA) is 181 Å². The van der Waals surface area contributed by atoms with Crippen LogP contribution in [0.1, 0.15) is 59.6 Å². The van der Waals surface area contributed by atoms with Crippen molar-refractivity contribution < 1.29 is 47.8 Å². The predicted octanol–water partition coefficient (Wildman–Crippen LogP) is 2.50. The standard InChI is InChI=1S/C22H31N3O4S.C19H22N2O6S/c1-5-24(6-2)12-13-29-21(28)18-22(3,4)30-20-17(19(27)25(18)20)23-16(26)14-15-10-8-7-9-11-15;1-11(22)26-10-27-18(25)15-19(2,3)28-17-14(16(24)21(15)17)20-13(23)9-12-7-5-4-6-8-12/h7-11,17-18,20H,5-6,12-14H2,1-4H3,(H,23,26);4-8,14-15,17H,9-10H2,1-3H3,(H,20,23)/t17-,18+,20-;14-,15+,17-/m11/s1. The smallest absolute Gasteiger partial charge is 0.333 e. The second-order valence-electron chi connectivity index (χ2n) is 15.3. The number of carbonyl (C=O) groups excluding carboxylic acids is 7. The van der Waals surface area contributed by atoms with E-state index >= 15 is 0 Å². The lowest BCUT2D eigenvalue weighted by molar-refractivity contribution is -0.175. The molecule has 0 saturated carbocycles. The van der Waals surface area contributed by atoms with Crippen LogP contribution in [0.4, 0.5) is 0 Å². The van der Waals surface area contributed by atoms with Gasteiger partial charge >= 0.3 is 17.9 Å². The molecule has 2 aromatic carbocycles. The number of carbonyl (C=O) groups is 7. The van der Waals surface area contributed by atoms with Crippen molar-refractivity contribution >= 4 is 65.1 Å². The van der Waals surface area contributed by atoms with E-state index < -0.39 is 52.4 Å². The number of rotatable bonds is 15. The third kappa shape index (κ3) is 10.1. The summed E-state index contributed by atoms with van der Waals surface area (Å²) in [5, 5.41) is 5.03. The molecule has 4 aliphatic heterocycles. The number of hydrogen-bond acceptors (Lipinski definition) is 13. The molecule has 6 atom stereocenters. The fraction of sp³-hybridized carbons (Fsp3) is 0.537. The van der Waals surface area contributed by atoms with Gasteiger partial charge in [0.1, 0.15) is 41.5 Å². The lowest BCUT2D eigenvalue weighted by Gasteiger charge is -2.44. The van der Waals surface area contributed by atoms with Crippen LogP contribution in [0.25, 0.3) is 0 Å². The molecule has 4 aliphatic rings. The molecule has 6 rings (SSSR count). The molecular weight excluding hydrogens is 787 g/mol. The molecule has 0 aromatic heterocycles. The largest absolute Gasteiger partial charge is 0.463 e. The molecule has 2 aromatic rings. The van der Waals surface area contributed by atoms with Crippen molar-refractivity contribution in [3.05, 3.63) is 71.8 Å². The maximum Gasteiger partial charge on any atom is 0.333 e. The minimum atomic E-state index is -0.812. The number of esters is 3. The van der Waals surface area contributed by atoms with Gasteiger partial charge in [0, 0.05) is 23.0 Å². The van der Waals surface area contributed by atoms with E-state index in [2.05, 4.69) is 34.1 Å². The first-order chi connectivity index (χ1) is 27.5. The minimum absolute atomic E-state index is 0.180. The zero-order valence-corrected chi connectivity index (χ0v) is 35.6. The SMILES string of the molecule is CC(=O)OCOC(=O)[C@@H]1N2C(=O)[C@@H](NC(=O)Cc3ccccc3)[C@H]2SC1(C)C.CCN(CC)CCOC(=O)[C@@H]1N2C(=O)[C@@H](NC(=O)Cc3ccccc3)[C@H]2SC1(C)C. The van der Waals surface area contributed by atoms with E-state index in [0.29, 0.717) is 13.2 Å². The van der Waals surface area contributed by atoms with E-state index in [1.807, 2.05) is 88.4 Å². The third-order valence-electron chi connectivity index (χ3n) is 10.4. The van der Waals surface area contributed by atoms with Crippen LogP contribution in [0.2, 0.25) is 0 Å². The Labute approximate surface area is 347 Å². The number of benzene rings is 2. The number of ether oxygens (including phenoxy) is 3. The Morgan fingerprint density at radius 1 is 0.672 bits per heavy atom. The van der Waals surface area contributed by atoms with Gasteiger partial charge in [-0.3, -0.25) is 24.0 Å². The van der Waals surface area contributed by atoms with Crippen LogP contribution in [0.5, 0.6) is 0 Å². The van der Waals surface area contributed by atoms with E-state index in [4.69, 9.17) is 9.47 Å². The molecule has 0 aliphatic carbocycles. The molecule has 4 saturated heterocycles. The first kappa shape index (κ1) is 44.5. The molecule has 0 unspecified atom stereocenters. The van der Waals surface area contributed by atoms with Crippen LogP contribution < -0.4 is 10.6 Å². The number of β-lactam (4-membered cyclic amide) rings is 2. The van der Waals surface area contributed by atoms with Crippen molar-refractivity contribution in [2.45, 2.75) is 106 Å². The molecule has 0 radical (unpaired) electrons. The molecule has 4 fully saturated rings. The van der Waals surface area contributed by atoms with Gasteiger partial charge in [0.15, 0.2) is 0 Å². The van der Waals surface area contributed by atoms with E-state index in [9.17, 15) is 33.6 Å². The Hall–Kier alpha value is -4.61. The van der Waals surface area contributed by atoms with Gasteiger partial charge in [0.2, 0.25) is 30.4 Å². The van der Waals surface area contributed by atoms with Crippen molar-refractivity contribution in [2.24, 2.45) is 0 Å². The highest BCUT2D eigenvalue weighted by Crippen LogP contribution is 2.52. The Morgan fingerprint density at radius 3 is 1.48 bits per heavy atom. The van der Waals surface area contributed by atoms with E-state index in [0.717, 1.165) is 24.2 Å². The molecule has 0 spiro atoms. The number of hydrogen-bond donors (Lipinski definition) is 2. The second-order valence-corrected chi connectivity index (χ2v) is 18.9. The maximum atomic E-state index is 12.8. The first-order valence-corrected chi connectivity index (χ1v) is 21.1. The Bertz CT molecular complexity index is 1840. The predicted molar refractivity (Wildman–Crippen MR) is 218 cm³/mol. The van der Waals surface area contributed by atoms with Crippen LogP contribution in [0, 0.1) is 0 Å². The lowest BCUT2D eigenvalue weighted by Crippen LogP contribution is -2.70. The number of likely N-dealkylation sites (N-methyl/N-ethyl adjacent to an activating group) is 1. The summed E-state index contributed by atoms with van der Waals surface area (Å²) in [4.78, 5) is 91.3. The quantitative estimate of drug-likeness (QED) is 0.152. The van der Waals surface area contributed by atoms with Crippen molar-refractivity contribution in [1.82, 2.24) is 25.3 Å². The van der Waals surface area contributed by atoms with Crippen molar-refractivity contribution in [3.8, 4) is 0 Å². The van der Waals surface area contributed by atoms with Crippen LogP contribution in [0.15, 0.2) is 60.7 Å². The zero-order chi connectivity index (χ0) is 42.4. The summed E-state index contributed by atoms with van der Waals surface area (Å²) in [5.74, 6) is -2.55. The molecular formula is C41H53N5O10S2. The average Bonchev–Trinajstić information content (AvgIpc) is 3.59. The van der Waals surface area contributed by atoms with Gasteiger partial charge in [0.25, 0.3) is 0 Å². The fourth-order valence-corrected chi connectivity index (χ4v) is 10.6. The molecule has 58 heavy (non-hydrogen) atoms. The highest BCUT2D eigenvalue weighted by molar-refractivity contribution is 8.02. The van der Waals surface area contributed by atoms with Crippen molar-refractivity contribution in [3.63, 3.8) is 0 Å². The van der Waals surface area contributed by atoms with Crippen LogP contribution in [0.3, 0.4) is 0 Å². The molecule has 17 heteroatoms. The molecule has 314 valence electrons. The summed E-state index contributed by atoms with van der Waals surface area (Å²) >= 11 is 2.98. The monoisotopic (exact) mass is 839 g/mol. The summed E-state index contributed by atoms with van der Waals surface area (Å²) in [7, 11) is 0. The highest BCUT2D eigenvalue weighted by Gasteiger charge is 2.65. The maximum absolute atomic E-state index is 12.8. The number of nitrogens with one attached hydrogen (secondary N) is 2. The van der Waals surface area contributed by atoms with E-state index in [-0.39, 0.29) is 53.2 Å². The van der Waals surface area contributed by atoms with Crippen molar-refractivity contribution in [2.75, 3.05) is 33.0 Å². The normalized spacial score (nSPS) is 24.6. The summed E-state index contributed by atoms with van der Waals surface area (Å²) in [6, 6.07) is 15.9. The molecule has 4 amide bonds. The Kier molecular flexibility index (Phi) is 14.6. The summed E-state index contributed by atoms with van der Waals surface area (Å²) < 4.78 is 14.1. The van der Waals surface area contributed by atoms with Gasteiger partial charge in [-0.15, -0.1) is 23.5 Å².